The number of pyridine rings is 1. The van der Waals surface area contributed by atoms with E-state index in [-0.39, 0.29) is 0 Å². The van der Waals surface area contributed by atoms with Crippen molar-refractivity contribution in [3.63, 3.8) is 0 Å². The van der Waals surface area contributed by atoms with Crippen LogP contribution in [0.4, 0.5) is 0 Å². The zero-order valence-electron chi connectivity index (χ0n) is 9.99. The van der Waals surface area contributed by atoms with Crippen LogP contribution in [0.1, 0.15) is 32.1 Å². The molecule has 0 saturated heterocycles. The fourth-order valence-electron chi connectivity index (χ4n) is 1.66. The maximum Gasteiger partial charge on any atom is 0.139 e. The van der Waals surface area contributed by atoms with Crippen molar-refractivity contribution < 1.29 is 4.74 Å². The summed E-state index contributed by atoms with van der Waals surface area (Å²) in [5, 5.41) is 4.13. The van der Waals surface area contributed by atoms with Crippen molar-refractivity contribution >= 4 is 11.6 Å². The van der Waals surface area contributed by atoms with Gasteiger partial charge in [-0.15, -0.1) is 0 Å². The first-order valence-electron chi connectivity index (χ1n) is 6.31. The Hall–Kier alpha value is -0.800. The molecule has 1 aliphatic carbocycles. The van der Waals surface area contributed by atoms with Crippen molar-refractivity contribution in [3.8, 4) is 5.75 Å². The van der Waals surface area contributed by atoms with Crippen LogP contribution >= 0.6 is 11.6 Å². The molecular formula is C13H19ClN2O. The minimum atomic E-state index is 0.621. The van der Waals surface area contributed by atoms with Crippen LogP contribution in [0.2, 0.25) is 5.02 Å². The number of aromatic nitrogens is 1. The second-order valence-corrected chi connectivity index (χ2v) is 4.91. The van der Waals surface area contributed by atoms with Crippen molar-refractivity contribution in [1.82, 2.24) is 10.3 Å². The van der Waals surface area contributed by atoms with Gasteiger partial charge in [-0.3, -0.25) is 4.98 Å². The van der Waals surface area contributed by atoms with Crippen LogP contribution < -0.4 is 10.1 Å². The fraction of sp³-hybridized carbons (Fsp3) is 0.615. The normalized spacial score (nSPS) is 14.9. The van der Waals surface area contributed by atoms with E-state index in [9.17, 15) is 0 Å². The molecule has 3 nitrogen and oxygen atoms in total. The minimum absolute atomic E-state index is 0.621. The molecule has 4 heteroatoms. The number of hydrogen-bond donors (Lipinski definition) is 1. The average Bonchev–Trinajstić information content (AvgIpc) is 3.12. The Morgan fingerprint density at radius 1 is 1.29 bits per heavy atom. The molecule has 0 atom stereocenters. The van der Waals surface area contributed by atoms with Crippen LogP contribution in [0, 0.1) is 0 Å². The number of hydrogen-bond acceptors (Lipinski definition) is 3. The van der Waals surface area contributed by atoms with Crippen molar-refractivity contribution in [3.05, 3.63) is 23.5 Å². The molecule has 0 radical (unpaired) electrons. The van der Waals surface area contributed by atoms with Crippen LogP contribution in [0.5, 0.6) is 5.75 Å². The summed E-state index contributed by atoms with van der Waals surface area (Å²) in [6.07, 6.45) is 9.55. The van der Waals surface area contributed by atoms with Gasteiger partial charge in [-0.2, -0.15) is 0 Å². The average molecular weight is 255 g/mol. The molecule has 0 amide bonds. The first-order valence-corrected chi connectivity index (χ1v) is 6.69. The lowest BCUT2D eigenvalue weighted by Crippen LogP contribution is -2.17. The molecule has 1 saturated carbocycles. The van der Waals surface area contributed by atoms with E-state index < -0.39 is 0 Å². The molecule has 0 aromatic carbocycles. The minimum Gasteiger partial charge on any atom is -0.492 e. The van der Waals surface area contributed by atoms with Gasteiger partial charge in [0, 0.05) is 18.3 Å². The van der Waals surface area contributed by atoms with Crippen LogP contribution in [0.15, 0.2) is 18.5 Å². The third-order valence-corrected chi connectivity index (χ3v) is 2.99. The second-order valence-electron chi connectivity index (χ2n) is 4.48. The van der Waals surface area contributed by atoms with Crippen molar-refractivity contribution in [1.29, 1.82) is 0 Å². The predicted octanol–water partition coefficient (Wildman–Crippen LogP) is 3.04. The Morgan fingerprint density at radius 3 is 2.94 bits per heavy atom. The highest BCUT2D eigenvalue weighted by molar-refractivity contribution is 6.30. The van der Waals surface area contributed by atoms with E-state index >= 15 is 0 Å². The van der Waals surface area contributed by atoms with Crippen molar-refractivity contribution in [2.75, 3.05) is 13.2 Å². The van der Waals surface area contributed by atoms with Gasteiger partial charge in [0.15, 0.2) is 0 Å². The van der Waals surface area contributed by atoms with Crippen LogP contribution in [-0.4, -0.2) is 24.2 Å². The molecule has 1 aromatic heterocycles. The molecule has 0 bridgehead atoms. The maximum atomic E-state index is 5.81. The largest absolute Gasteiger partial charge is 0.492 e. The summed E-state index contributed by atoms with van der Waals surface area (Å²) < 4.78 is 5.56. The highest BCUT2D eigenvalue weighted by atomic mass is 35.5. The molecule has 0 unspecified atom stereocenters. The highest BCUT2D eigenvalue weighted by Gasteiger charge is 2.19. The third kappa shape index (κ3) is 5.37. The number of nitrogens with zero attached hydrogens (tertiary/aromatic N) is 1. The summed E-state index contributed by atoms with van der Waals surface area (Å²) in [7, 11) is 0. The van der Waals surface area contributed by atoms with E-state index in [1.165, 1.54) is 25.7 Å². The number of halogens is 1. The smallest absolute Gasteiger partial charge is 0.139 e. The van der Waals surface area contributed by atoms with E-state index in [4.69, 9.17) is 16.3 Å². The number of unbranched alkanes of at least 4 members (excludes halogenated alkanes) is 2. The molecule has 17 heavy (non-hydrogen) atoms. The monoisotopic (exact) mass is 254 g/mol. The molecule has 1 aliphatic rings. The van der Waals surface area contributed by atoms with Crippen molar-refractivity contribution in [2.24, 2.45) is 0 Å². The number of rotatable bonds is 8. The molecular weight excluding hydrogens is 236 g/mol. The summed E-state index contributed by atoms with van der Waals surface area (Å²) >= 11 is 5.81. The van der Waals surface area contributed by atoms with E-state index in [2.05, 4.69) is 10.3 Å². The Labute approximate surface area is 108 Å². The molecule has 0 aliphatic heterocycles. The zero-order chi connectivity index (χ0) is 11.9. The Morgan fingerprint density at radius 2 is 2.18 bits per heavy atom. The first kappa shape index (κ1) is 12.7. The summed E-state index contributed by atoms with van der Waals surface area (Å²) in [5.74, 6) is 0.758. The Balaban J connectivity index is 1.47. The second kappa shape index (κ2) is 6.82. The molecule has 1 heterocycles. The summed E-state index contributed by atoms with van der Waals surface area (Å²) in [6.45, 7) is 1.88. The Kier molecular flexibility index (Phi) is 5.08. The number of ether oxygens (including phenoxy) is 1. The van der Waals surface area contributed by atoms with Crippen LogP contribution in [0.3, 0.4) is 0 Å². The molecule has 0 spiro atoms. The topological polar surface area (TPSA) is 34.1 Å². The van der Waals surface area contributed by atoms with Gasteiger partial charge in [0.2, 0.25) is 0 Å². The van der Waals surface area contributed by atoms with Gasteiger partial charge in [0.1, 0.15) is 5.75 Å². The fourth-order valence-corrected chi connectivity index (χ4v) is 1.82. The standard InChI is InChI=1S/C13H19ClN2O/c14-11-8-13(10-15-9-11)17-7-3-1-2-6-16-12-4-5-12/h8-10,12,16H,1-7H2. The first-order chi connectivity index (χ1) is 8.34. The van der Waals surface area contributed by atoms with Crippen LogP contribution in [0.25, 0.3) is 0 Å². The van der Waals surface area contributed by atoms with E-state index in [0.717, 1.165) is 31.4 Å². The van der Waals surface area contributed by atoms with Gasteiger partial charge in [0.05, 0.1) is 17.8 Å². The van der Waals surface area contributed by atoms with Gasteiger partial charge in [-0.1, -0.05) is 11.6 Å². The SMILES string of the molecule is Clc1cncc(OCCCCCNC2CC2)c1. The lowest BCUT2D eigenvalue weighted by Gasteiger charge is -2.06. The summed E-state index contributed by atoms with van der Waals surface area (Å²) in [4.78, 5) is 3.97. The van der Waals surface area contributed by atoms with Crippen LogP contribution in [-0.2, 0) is 0 Å². The molecule has 1 N–H and O–H groups in total. The van der Waals surface area contributed by atoms with E-state index in [1.807, 2.05) is 0 Å². The third-order valence-electron chi connectivity index (χ3n) is 2.78. The van der Waals surface area contributed by atoms with Gasteiger partial charge in [0.25, 0.3) is 0 Å². The Bertz CT molecular complexity index is 342. The van der Waals surface area contributed by atoms with E-state index in [1.54, 1.807) is 18.5 Å². The maximum absolute atomic E-state index is 5.81. The predicted molar refractivity (Wildman–Crippen MR) is 69.6 cm³/mol. The quantitative estimate of drug-likeness (QED) is 0.724. The lowest BCUT2D eigenvalue weighted by atomic mass is 10.2. The van der Waals surface area contributed by atoms with Gasteiger partial charge in [-0.25, -0.2) is 0 Å². The van der Waals surface area contributed by atoms with E-state index in [0.29, 0.717) is 5.02 Å². The number of nitrogens with one attached hydrogen (secondary N) is 1. The molecule has 2 rings (SSSR count). The van der Waals surface area contributed by atoms with Crippen molar-refractivity contribution in [2.45, 2.75) is 38.1 Å². The lowest BCUT2D eigenvalue weighted by molar-refractivity contribution is 0.304. The van der Waals surface area contributed by atoms with Gasteiger partial charge in [-0.05, 0) is 38.6 Å². The highest BCUT2D eigenvalue weighted by Crippen LogP contribution is 2.18. The molecule has 1 aromatic rings. The molecule has 1 fully saturated rings. The zero-order valence-corrected chi connectivity index (χ0v) is 10.7. The summed E-state index contributed by atoms with van der Waals surface area (Å²) in [5.41, 5.74) is 0. The summed E-state index contributed by atoms with van der Waals surface area (Å²) in [6, 6.07) is 2.62. The molecule has 94 valence electrons. The van der Waals surface area contributed by atoms with Gasteiger partial charge >= 0.3 is 0 Å². The van der Waals surface area contributed by atoms with Gasteiger partial charge < -0.3 is 10.1 Å².